The Bertz CT molecular complexity index is 1350. The first kappa shape index (κ1) is 20.5. The van der Waals surface area contributed by atoms with Crippen LogP contribution in [0.15, 0.2) is 78.0 Å². The molecule has 4 aromatic heterocycles. The largest absolute Gasteiger partial charge is 0.333 e. The van der Waals surface area contributed by atoms with Gasteiger partial charge in [-0.15, -0.1) is 0 Å². The van der Waals surface area contributed by atoms with Crippen LogP contribution in [0, 0.1) is 0 Å². The van der Waals surface area contributed by atoms with Gasteiger partial charge >= 0.3 is 0 Å². The van der Waals surface area contributed by atoms with Gasteiger partial charge in [-0.25, -0.2) is 0 Å². The van der Waals surface area contributed by atoms with Crippen LogP contribution in [-0.2, 0) is 6.54 Å². The van der Waals surface area contributed by atoms with Gasteiger partial charge in [-0.2, -0.15) is 15.2 Å². The molecular formula is C26H25N7O. The Morgan fingerprint density at radius 1 is 0.882 bits per heavy atom. The van der Waals surface area contributed by atoms with Crippen LogP contribution in [0.25, 0.3) is 34.1 Å². The highest BCUT2D eigenvalue weighted by molar-refractivity contribution is 5.77. The summed E-state index contributed by atoms with van der Waals surface area (Å²) in [5.74, 6) is 1.04. The second-order valence-corrected chi connectivity index (χ2v) is 8.70. The molecule has 0 aliphatic heterocycles. The molecule has 1 aromatic carbocycles. The van der Waals surface area contributed by atoms with Crippen molar-refractivity contribution in [2.75, 3.05) is 0 Å². The van der Waals surface area contributed by atoms with Gasteiger partial charge in [0.25, 0.3) is 5.89 Å². The van der Waals surface area contributed by atoms with Gasteiger partial charge in [-0.1, -0.05) is 48.7 Å². The third-order valence-corrected chi connectivity index (χ3v) is 6.44. The first-order chi connectivity index (χ1) is 16.8. The van der Waals surface area contributed by atoms with Crippen molar-refractivity contribution in [3.63, 3.8) is 0 Å². The molecule has 0 N–H and O–H groups in total. The number of hydrogen-bond donors (Lipinski definition) is 0. The molecule has 5 aromatic rings. The van der Waals surface area contributed by atoms with Crippen molar-refractivity contribution in [1.82, 2.24) is 34.7 Å². The van der Waals surface area contributed by atoms with E-state index in [0.29, 0.717) is 17.8 Å². The van der Waals surface area contributed by atoms with E-state index in [1.165, 1.54) is 19.3 Å². The lowest BCUT2D eigenvalue weighted by molar-refractivity contribution is 0.332. The minimum absolute atomic E-state index is 0.385. The SMILES string of the molecule is c1cnn(Cc2ccc(-c3noc(-c4cnn(C5CCCCC5)c4-c4ccncc4)n3)cc2)c1. The number of hydrogen-bond acceptors (Lipinski definition) is 6. The molecule has 0 radical (unpaired) electrons. The van der Waals surface area contributed by atoms with Crippen LogP contribution in [0.4, 0.5) is 0 Å². The molecule has 8 heteroatoms. The zero-order valence-corrected chi connectivity index (χ0v) is 18.8. The summed E-state index contributed by atoms with van der Waals surface area (Å²) in [4.78, 5) is 8.92. The normalized spacial score (nSPS) is 14.5. The van der Waals surface area contributed by atoms with Crippen LogP contribution in [-0.4, -0.2) is 34.7 Å². The summed E-state index contributed by atoms with van der Waals surface area (Å²) in [5.41, 5.74) is 4.98. The average Bonchev–Trinajstić information content (AvgIpc) is 3.66. The Labute approximate surface area is 197 Å². The lowest BCUT2D eigenvalue weighted by atomic mass is 9.95. The highest BCUT2D eigenvalue weighted by Gasteiger charge is 2.25. The first-order valence-electron chi connectivity index (χ1n) is 11.7. The van der Waals surface area contributed by atoms with E-state index < -0.39 is 0 Å². The number of pyridine rings is 1. The van der Waals surface area contributed by atoms with Crippen molar-refractivity contribution >= 4 is 0 Å². The molecule has 170 valence electrons. The van der Waals surface area contributed by atoms with E-state index in [4.69, 9.17) is 14.6 Å². The lowest BCUT2D eigenvalue weighted by Crippen LogP contribution is -2.15. The number of benzene rings is 1. The maximum absolute atomic E-state index is 5.74. The molecule has 1 aliphatic rings. The average molecular weight is 452 g/mol. The molecule has 1 aliphatic carbocycles. The molecule has 0 amide bonds. The summed E-state index contributed by atoms with van der Waals surface area (Å²) in [5, 5.41) is 13.3. The summed E-state index contributed by atoms with van der Waals surface area (Å²) < 4.78 is 9.78. The van der Waals surface area contributed by atoms with Crippen molar-refractivity contribution in [2.24, 2.45) is 0 Å². The van der Waals surface area contributed by atoms with E-state index in [1.54, 1.807) is 18.6 Å². The number of nitrogens with zero attached hydrogens (tertiary/aromatic N) is 7. The van der Waals surface area contributed by atoms with Gasteiger partial charge in [-0.3, -0.25) is 14.3 Å². The fourth-order valence-electron chi connectivity index (χ4n) is 4.71. The highest BCUT2D eigenvalue weighted by Crippen LogP contribution is 2.37. The quantitative estimate of drug-likeness (QED) is 0.343. The molecule has 0 saturated heterocycles. The van der Waals surface area contributed by atoms with E-state index in [-0.39, 0.29) is 0 Å². The monoisotopic (exact) mass is 451 g/mol. The molecular weight excluding hydrogens is 426 g/mol. The molecule has 0 unspecified atom stereocenters. The summed E-state index contributed by atoms with van der Waals surface area (Å²) in [6, 6.07) is 14.5. The van der Waals surface area contributed by atoms with Gasteiger partial charge in [0, 0.05) is 35.9 Å². The predicted molar refractivity (Wildman–Crippen MR) is 128 cm³/mol. The van der Waals surface area contributed by atoms with E-state index in [2.05, 4.69) is 32.1 Å². The van der Waals surface area contributed by atoms with Crippen molar-refractivity contribution < 1.29 is 4.52 Å². The van der Waals surface area contributed by atoms with E-state index in [9.17, 15) is 0 Å². The molecule has 1 saturated carbocycles. The smallest absolute Gasteiger partial charge is 0.262 e. The zero-order chi connectivity index (χ0) is 22.7. The Hall–Kier alpha value is -4.07. The summed E-state index contributed by atoms with van der Waals surface area (Å²) in [6.45, 7) is 0.723. The Morgan fingerprint density at radius 3 is 2.47 bits per heavy atom. The molecule has 0 bridgehead atoms. The molecule has 1 fully saturated rings. The van der Waals surface area contributed by atoms with Crippen LogP contribution in [0.5, 0.6) is 0 Å². The van der Waals surface area contributed by atoms with Crippen LogP contribution in [0.3, 0.4) is 0 Å². The van der Waals surface area contributed by atoms with Crippen molar-refractivity contribution in [2.45, 2.75) is 44.7 Å². The summed E-state index contributed by atoms with van der Waals surface area (Å²) in [7, 11) is 0. The van der Waals surface area contributed by atoms with E-state index >= 15 is 0 Å². The van der Waals surface area contributed by atoms with Crippen molar-refractivity contribution in [1.29, 1.82) is 0 Å². The maximum Gasteiger partial charge on any atom is 0.262 e. The Morgan fingerprint density at radius 2 is 1.71 bits per heavy atom. The van der Waals surface area contributed by atoms with Gasteiger partial charge < -0.3 is 4.52 Å². The second-order valence-electron chi connectivity index (χ2n) is 8.70. The van der Waals surface area contributed by atoms with Crippen LogP contribution in [0.2, 0.25) is 0 Å². The van der Waals surface area contributed by atoms with Gasteiger partial charge in [0.05, 0.1) is 30.0 Å². The van der Waals surface area contributed by atoms with Gasteiger partial charge in [0.1, 0.15) is 0 Å². The van der Waals surface area contributed by atoms with Crippen molar-refractivity contribution in [3.05, 3.63) is 79.0 Å². The van der Waals surface area contributed by atoms with Crippen LogP contribution >= 0.6 is 0 Å². The van der Waals surface area contributed by atoms with Gasteiger partial charge in [-0.05, 0) is 36.6 Å². The molecule has 6 rings (SSSR count). The second kappa shape index (κ2) is 9.05. The lowest BCUT2D eigenvalue weighted by Gasteiger charge is -2.24. The topological polar surface area (TPSA) is 87.5 Å². The molecule has 4 heterocycles. The van der Waals surface area contributed by atoms with Gasteiger partial charge in [0.15, 0.2) is 0 Å². The molecule has 34 heavy (non-hydrogen) atoms. The predicted octanol–water partition coefficient (Wildman–Crippen LogP) is 5.41. The van der Waals surface area contributed by atoms with Crippen LogP contribution in [0.1, 0.15) is 43.7 Å². The standard InChI is InChI=1S/C26H25N7O/c1-2-5-22(6-3-1)33-24(20-11-14-27-15-12-20)23(17-29-33)26-30-25(31-34-26)21-9-7-19(8-10-21)18-32-16-4-13-28-32/h4,7-17,22H,1-3,5-6,18H2. The third kappa shape index (κ3) is 4.03. The number of rotatable bonds is 6. The third-order valence-electron chi connectivity index (χ3n) is 6.44. The summed E-state index contributed by atoms with van der Waals surface area (Å²) in [6.07, 6.45) is 15.2. The van der Waals surface area contributed by atoms with Gasteiger partial charge in [0.2, 0.25) is 5.82 Å². The minimum Gasteiger partial charge on any atom is -0.333 e. The first-order valence-corrected chi connectivity index (χ1v) is 11.7. The fourth-order valence-corrected chi connectivity index (χ4v) is 4.71. The highest BCUT2D eigenvalue weighted by atomic mass is 16.5. The fraction of sp³-hybridized carbons (Fsp3) is 0.269. The van der Waals surface area contributed by atoms with E-state index in [1.807, 2.05) is 47.4 Å². The maximum atomic E-state index is 5.74. The number of aromatic nitrogens is 7. The van der Waals surface area contributed by atoms with E-state index in [0.717, 1.165) is 47.3 Å². The summed E-state index contributed by atoms with van der Waals surface area (Å²) >= 11 is 0. The Kier molecular flexibility index (Phi) is 5.47. The van der Waals surface area contributed by atoms with Crippen LogP contribution < -0.4 is 0 Å². The molecule has 0 atom stereocenters. The molecule has 8 nitrogen and oxygen atoms in total. The van der Waals surface area contributed by atoms with Crippen molar-refractivity contribution in [3.8, 4) is 34.1 Å². The minimum atomic E-state index is 0.385. The molecule has 0 spiro atoms. The Balaban J connectivity index is 1.32. The zero-order valence-electron chi connectivity index (χ0n) is 18.8.